The Kier molecular flexibility index (Phi) is 2.55. The van der Waals surface area contributed by atoms with Crippen molar-refractivity contribution in [2.75, 3.05) is 5.32 Å². The van der Waals surface area contributed by atoms with E-state index in [0.29, 0.717) is 6.54 Å². The van der Waals surface area contributed by atoms with Gasteiger partial charge >= 0.3 is 0 Å². The van der Waals surface area contributed by atoms with E-state index < -0.39 is 0 Å². The van der Waals surface area contributed by atoms with Crippen LogP contribution in [-0.4, -0.2) is 20.2 Å². The molecule has 0 radical (unpaired) electrons. The number of halogens is 1. The van der Waals surface area contributed by atoms with Gasteiger partial charge in [-0.1, -0.05) is 0 Å². The molecule has 5 nitrogen and oxygen atoms in total. The fourth-order valence-corrected chi connectivity index (χ4v) is 1.95. The normalized spacial score (nSPS) is 10.2. The molecule has 0 aromatic carbocycles. The Bertz CT molecular complexity index is 370. The number of aromatic amines is 1. The van der Waals surface area contributed by atoms with E-state index in [-0.39, 0.29) is 0 Å². The second-order valence-corrected chi connectivity index (χ2v) is 3.93. The molecule has 0 atom stereocenters. The predicted molar refractivity (Wildman–Crippen MR) is 53.5 cm³/mol. The van der Waals surface area contributed by atoms with Gasteiger partial charge < -0.3 is 5.32 Å². The van der Waals surface area contributed by atoms with Crippen molar-refractivity contribution in [1.82, 2.24) is 20.2 Å². The SMILES string of the molecule is Brc1csc(NCc2ncn[nH]2)n1. The van der Waals surface area contributed by atoms with Gasteiger partial charge in [-0.2, -0.15) is 5.10 Å². The molecule has 2 aromatic heterocycles. The third-order valence-corrected chi connectivity index (χ3v) is 2.86. The summed E-state index contributed by atoms with van der Waals surface area (Å²) in [6, 6.07) is 0. The van der Waals surface area contributed by atoms with Gasteiger partial charge in [-0.25, -0.2) is 9.97 Å². The Morgan fingerprint density at radius 3 is 3.15 bits per heavy atom. The van der Waals surface area contributed by atoms with Crippen molar-refractivity contribution in [3.63, 3.8) is 0 Å². The highest BCUT2D eigenvalue weighted by Gasteiger charge is 1.99. The molecule has 0 aliphatic carbocycles. The van der Waals surface area contributed by atoms with E-state index in [4.69, 9.17) is 0 Å². The molecule has 2 aromatic rings. The summed E-state index contributed by atoms with van der Waals surface area (Å²) in [7, 11) is 0. The van der Waals surface area contributed by atoms with Crippen LogP contribution in [0.5, 0.6) is 0 Å². The second-order valence-electron chi connectivity index (χ2n) is 2.26. The number of nitrogens with zero attached hydrogens (tertiary/aromatic N) is 3. The topological polar surface area (TPSA) is 66.5 Å². The highest BCUT2D eigenvalue weighted by atomic mass is 79.9. The van der Waals surface area contributed by atoms with Crippen molar-refractivity contribution in [2.45, 2.75) is 6.54 Å². The Balaban J connectivity index is 1.93. The Labute approximate surface area is 86.7 Å². The van der Waals surface area contributed by atoms with Crippen LogP contribution >= 0.6 is 27.3 Å². The first kappa shape index (κ1) is 8.64. The molecule has 0 saturated heterocycles. The van der Waals surface area contributed by atoms with Crippen molar-refractivity contribution in [2.24, 2.45) is 0 Å². The molecule has 2 rings (SSSR count). The Hall–Kier alpha value is -0.950. The summed E-state index contributed by atoms with van der Waals surface area (Å²) in [6.45, 7) is 0.611. The van der Waals surface area contributed by atoms with Gasteiger partial charge in [-0.05, 0) is 15.9 Å². The molecule has 2 heterocycles. The van der Waals surface area contributed by atoms with Gasteiger partial charge in [0.2, 0.25) is 0 Å². The van der Waals surface area contributed by atoms with E-state index >= 15 is 0 Å². The van der Waals surface area contributed by atoms with Gasteiger partial charge in [0.15, 0.2) is 5.13 Å². The second kappa shape index (κ2) is 3.84. The van der Waals surface area contributed by atoms with Crippen LogP contribution in [0.1, 0.15) is 5.82 Å². The lowest BCUT2D eigenvalue weighted by molar-refractivity contribution is 0.952. The molecule has 13 heavy (non-hydrogen) atoms. The summed E-state index contributed by atoms with van der Waals surface area (Å²) in [5.74, 6) is 0.798. The lowest BCUT2D eigenvalue weighted by Gasteiger charge is -1.96. The molecular weight excluding hydrogens is 254 g/mol. The quantitative estimate of drug-likeness (QED) is 0.880. The standard InChI is InChI=1S/C6H6BrN5S/c7-4-2-13-6(11-4)8-1-5-9-3-10-12-5/h2-3H,1H2,(H,8,11)(H,9,10,12). The molecule has 2 N–H and O–H groups in total. The van der Waals surface area contributed by atoms with Gasteiger partial charge in [-0.15, -0.1) is 11.3 Å². The maximum atomic E-state index is 4.17. The number of nitrogens with one attached hydrogen (secondary N) is 2. The maximum absolute atomic E-state index is 4.17. The number of aromatic nitrogens is 4. The molecule has 0 amide bonds. The summed E-state index contributed by atoms with van der Waals surface area (Å²) in [4.78, 5) is 8.15. The molecule has 68 valence electrons. The summed E-state index contributed by atoms with van der Waals surface area (Å²) < 4.78 is 0.845. The molecule has 0 aliphatic heterocycles. The van der Waals surface area contributed by atoms with Gasteiger partial charge in [0.1, 0.15) is 16.8 Å². The zero-order chi connectivity index (χ0) is 9.10. The lowest BCUT2D eigenvalue weighted by atomic mass is 10.6. The number of rotatable bonds is 3. The van der Waals surface area contributed by atoms with Crippen molar-refractivity contribution >= 4 is 32.4 Å². The van der Waals surface area contributed by atoms with Crippen molar-refractivity contribution < 1.29 is 0 Å². The van der Waals surface area contributed by atoms with E-state index in [2.05, 4.69) is 41.4 Å². The van der Waals surface area contributed by atoms with Crippen LogP contribution < -0.4 is 5.32 Å². The fourth-order valence-electron chi connectivity index (χ4n) is 0.811. The first-order chi connectivity index (χ1) is 6.34. The highest BCUT2D eigenvalue weighted by molar-refractivity contribution is 9.10. The van der Waals surface area contributed by atoms with E-state index in [0.717, 1.165) is 15.6 Å². The average Bonchev–Trinajstić information content (AvgIpc) is 2.71. The predicted octanol–water partition coefficient (Wildman–Crippen LogP) is 1.64. The molecular formula is C6H6BrN5S. The fraction of sp³-hybridized carbons (Fsp3) is 0.167. The molecule has 0 spiro atoms. The van der Waals surface area contributed by atoms with Gasteiger partial charge in [-0.3, -0.25) is 5.10 Å². The molecule has 0 aliphatic rings. The van der Waals surface area contributed by atoms with Crippen LogP contribution in [0.15, 0.2) is 16.3 Å². The van der Waals surface area contributed by atoms with Crippen LogP contribution in [0.25, 0.3) is 0 Å². The third kappa shape index (κ3) is 2.25. The molecule has 7 heteroatoms. The number of anilines is 1. The van der Waals surface area contributed by atoms with Gasteiger partial charge in [0, 0.05) is 5.38 Å². The minimum Gasteiger partial charge on any atom is -0.354 e. The summed E-state index contributed by atoms with van der Waals surface area (Å²) >= 11 is 4.81. The van der Waals surface area contributed by atoms with Crippen molar-refractivity contribution in [3.8, 4) is 0 Å². The lowest BCUT2D eigenvalue weighted by Crippen LogP contribution is -2.00. The number of hydrogen-bond acceptors (Lipinski definition) is 5. The number of hydrogen-bond donors (Lipinski definition) is 2. The monoisotopic (exact) mass is 259 g/mol. The van der Waals surface area contributed by atoms with Crippen LogP contribution in [-0.2, 0) is 6.54 Å². The smallest absolute Gasteiger partial charge is 0.184 e. The number of thiazole rings is 1. The Morgan fingerprint density at radius 1 is 1.62 bits per heavy atom. The average molecular weight is 260 g/mol. The molecule has 0 bridgehead atoms. The summed E-state index contributed by atoms with van der Waals surface area (Å²) in [6.07, 6.45) is 1.48. The first-order valence-electron chi connectivity index (χ1n) is 3.54. The van der Waals surface area contributed by atoms with Crippen molar-refractivity contribution in [3.05, 3.63) is 22.1 Å². The molecule has 0 fully saturated rings. The van der Waals surface area contributed by atoms with Crippen LogP contribution in [0.3, 0.4) is 0 Å². The van der Waals surface area contributed by atoms with E-state index in [1.807, 2.05) is 5.38 Å². The van der Waals surface area contributed by atoms with E-state index in [1.54, 1.807) is 11.3 Å². The molecule has 0 unspecified atom stereocenters. The molecule has 0 saturated carbocycles. The van der Waals surface area contributed by atoms with Crippen LogP contribution in [0, 0.1) is 0 Å². The number of H-pyrrole nitrogens is 1. The minimum absolute atomic E-state index is 0.611. The third-order valence-electron chi connectivity index (χ3n) is 1.35. The van der Waals surface area contributed by atoms with E-state index in [1.165, 1.54) is 6.33 Å². The maximum Gasteiger partial charge on any atom is 0.184 e. The van der Waals surface area contributed by atoms with Gasteiger partial charge in [0.25, 0.3) is 0 Å². The Morgan fingerprint density at radius 2 is 2.54 bits per heavy atom. The minimum atomic E-state index is 0.611. The van der Waals surface area contributed by atoms with Crippen LogP contribution in [0.4, 0.5) is 5.13 Å². The summed E-state index contributed by atoms with van der Waals surface area (Å²) in [5.41, 5.74) is 0. The van der Waals surface area contributed by atoms with Crippen molar-refractivity contribution in [1.29, 1.82) is 0 Å². The highest BCUT2D eigenvalue weighted by Crippen LogP contribution is 2.19. The van der Waals surface area contributed by atoms with Gasteiger partial charge in [0.05, 0.1) is 6.54 Å². The summed E-state index contributed by atoms with van der Waals surface area (Å²) in [5, 5.41) is 12.4. The zero-order valence-corrected chi connectivity index (χ0v) is 8.89. The van der Waals surface area contributed by atoms with E-state index in [9.17, 15) is 0 Å². The largest absolute Gasteiger partial charge is 0.354 e. The first-order valence-corrected chi connectivity index (χ1v) is 5.21. The zero-order valence-electron chi connectivity index (χ0n) is 6.49. The van der Waals surface area contributed by atoms with Crippen LogP contribution in [0.2, 0.25) is 0 Å².